The van der Waals surface area contributed by atoms with Crippen molar-refractivity contribution >= 4 is 10.8 Å². The lowest BCUT2D eigenvalue weighted by Crippen LogP contribution is -1.90. The number of rotatable bonds is 1. The van der Waals surface area contributed by atoms with Gasteiger partial charge in [0.1, 0.15) is 0 Å². The highest BCUT2D eigenvalue weighted by atomic mass is 14.1. The zero-order chi connectivity index (χ0) is 13.4. The Morgan fingerprint density at radius 2 is 1.47 bits per heavy atom. The van der Waals surface area contributed by atoms with Gasteiger partial charge in [0, 0.05) is 0 Å². The van der Waals surface area contributed by atoms with Gasteiger partial charge in [-0.15, -0.1) is 0 Å². The van der Waals surface area contributed by atoms with E-state index >= 15 is 0 Å². The zero-order valence-electron chi connectivity index (χ0n) is 11.6. The van der Waals surface area contributed by atoms with Crippen LogP contribution < -0.4 is 0 Å². The van der Waals surface area contributed by atoms with Gasteiger partial charge in [0.25, 0.3) is 0 Å². The molecule has 1 radical (unpaired) electrons. The lowest BCUT2D eigenvalue weighted by atomic mass is 9.92. The molecule has 0 atom stereocenters. The molecule has 0 amide bonds. The molecule has 0 nitrogen and oxygen atoms in total. The van der Waals surface area contributed by atoms with Gasteiger partial charge in [-0.1, -0.05) is 54.1 Å². The molecular formula is C19H17. The van der Waals surface area contributed by atoms with Gasteiger partial charge in [-0.2, -0.15) is 0 Å². The highest BCUT2D eigenvalue weighted by molar-refractivity contribution is 5.87. The first kappa shape index (κ1) is 12.0. The van der Waals surface area contributed by atoms with Crippen molar-refractivity contribution in [2.24, 2.45) is 0 Å². The zero-order valence-corrected chi connectivity index (χ0v) is 11.6. The molecule has 19 heavy (non-hydrogen) atoms. The van der Waals surface area contributed by atoms with E-state index in [-0.39, 0.29) is 0 Å². The van der Waals surface area contributed by atoms with E-state index in [2.05, 4.69) is 75.4 Å². The summed E-state index contributed by atoms with van der Waals surface area (Å²) >= 11 is 0. The van der Waals surface area contributed by atoms with Crippen molar-refractivity contribution in [1.82, 2.24) is 0 Å². The molecule has 0 saturated carbocycles. The fraction of sp³-hybridized carbons (Fsp3) is 0.158. The van der Waals surface area contributed by atoms with E-state index in [1.165, 1.54) is 38.6 Å². The van der Waals surface area contributed by atoms with Crippen LogP contribution in [0.15, 0.2) is 48.5 Å². The minimum atomic E-state index is 1.18. The molecule has 0 aliphatic carbocycles. The lowest BCUT2D eigenvalue weighted by molar-refractivity contribution is 1.32. The molecule has 0 aromatic heterocycles. The molecule has 0 heterocycles. The van der Waals surface area contributed by atoms with Gasteiger partial charge in [-0.25, -0.2) is 0 Å². The van der Waals surface area contributed by atoms with Crippen LogP contribution in [0.5, 0.6) is 0 Å². The lowest BCUT2D eigenvalue weighted by Gasteiger charge is -2.12. The molecule has 0 fully saturated rings. The predicted octanol–water partition coefficient (Wildman–Crippen LogP) is 5.23. The topological polar surface area (TPSA) is 0 Å². The first-order valence-electron chi connectivity index (χ1n) is 6.64. The molecular weight excluding hydrogens is 228 g/mol. The molecule has 0 unspecified atom stereocenters. The van der Waals surface area contributed by atoms with Crippen molar-refractivity contribution in [2.75, 3.05) is 0 Å². The van der Waals surface area contributed by atoms with Crippen LogP contribution in [0.4, 0.5) is 0 Å². The third kappa shape index (κ3) is 2.15. The molecule has 0 bridgehead atoms. The van der Waals surface area contributed by atoms with E-state index in [0.717, 1.165) is 0 Å². The highest BCUT2D eigenvalue weighted by Gasteiger charge is 2.07. The molecule has 3 aromatic carbocycles. The van der Waals surface area contributed by atoms with E-state index in [1.54, 1.807) is 0 Å². The van der Waals surface area contributed by atoms with Gasteiger partial charge in [0.05, 0.1) is 0 Å². The van der Waals surface area contributed by atoms with Crippen LogP contribution in [0.3, 0.4) is 0 Å². The van der Waals surface area contributed by atoms with Gasteiger partial charge in [-0.05, 0) is 59.9 Å². The number of hydrogen-bond acceptors (Lipinski definition) is 0. The average molecular weight is 245 g/mol. The van der Waals surface area contributed by atoms with Gasteiger partial charge >= 0.3 is 0 Å². The second-order valence-electron chi connectivity index (χ2n) is 5.23. The quantitative estimate of drug-likeness (QED) is 0.550. The molecule has 0 aliphatic rings. The molecule has 0 N–H and O–H groups in total. The van der Waals surface area contributed by atoms with Gasteiger partial charge < -0.3 is 0 Å². The maximum Gasteiger partial charge on any atom is -0.00141 e. The summed E-state index contributed by atoms with van der Waals surface area (Å²) in [5.74, 6) is 0. The summed E-state index contributed by atoms with van der Waals surface area (Å²) in [6.07, 6.45) is 0. The van der Waals surface area contributed by atoms with Crippen LogP contribution in [0.2, 0.25) is 0 Å². The Labute approximate surface area is 114 Å². The number of aryl methyl sites for hydroxylation is 3. The van der Waals surface area contributed by atoms with E-state index in [1.807, 2.05) is 0 Å². The van der Waals surface area contributed by atoms with Crippen LogP contribution >= 0.6 is 0 Å². The molecule has 0 aliphatic heterocycles. The molecule has 3 rings (SSSR count). The van der Waals surface area contributed by atoms with Crippen LogP contribution in [0.1, 0.15) is 16.7 Å². The Morgan fingerprint density at radius 1 is 0.789 bits per heavy atom. The molecule has 0 heteroatoms. The Morgan fingerprint density at radius 3 is 2.21 bits per heavy atom. The normalized spacial score (nSPS) is 10.9. The second-order valence-corrected chi connectivity index (χ2v) is 5.23. The second kappa shape index (κ2) is 4.55. The van der Waals surface area contributed by atoms with E-state index in [4.69, 9.17) is 0 Å². The van der Waals surface area contributed by atoms with Crippen molar-refractivity contribution in [3.05, 3.63) is 71.3 Å². The van der Waals surface area contributed by atoms with Crippen molar-refractivity contribution in [1.29, 1.82) is 0 Å². The largest absolute Gasteiger partial charge is 0.0616 e. The maximum absolute atomic E-state index is 3.54. The van der Waals surface area contributed by atoms with Gasteiger partial charge in [0.15, 0.2) is 0 Å². The first-order chi connectivity index (χ1) is 9.15. The van der Waals surface area contributed by atoms with Crippen LogP contribution in [0.25, 0.3) is 21.9 Å². The van der Waals surface area contributed by atoms with Gasteiger partial charge in [-0.3, -0.25) is 0 Å². The summed E-state index contributed by atoms with van der Waals surface area (Å²) < 4.78 is 0. The monoisotopic (exact) mass is 245 g/mol. The van der Waals surface area contributed by atoms with Gasteiger partial charge in [0.2, 0.25) is 0 Å². The summed E-state index contributed by atoms with van der Waals surface area (Å²) in [7, 11) is 0. The fourth-order valence-corrected chi connectivity index (χ4v) is 2.87. The summed E-state index contributed by atoms with van der Waals surface area (Å²) in [6.45, 7) is 6.50. The smallest absolute Gasteiger partial charge is 0.00141 e. The third-order valence-electron chi connectivity index (χ3n) is 3.61. The number of benzene rings is 3. The fourth-order valence-electron chi connectivity index (χ4n) is 2.87. The van der Waals surface area contributed by atoms with Crippen molar-refractivity contribution in [2.45, 2.75) is 20.8 Å². The maximum atomic E-state index is 3.54. The van der Waals surface area contributed by atoms with Crippen molar-refractivity contribution in [3.8, 4) is 11.1 Å². The first-order valence-corrected chi connectivity index (χ1v) is 6.64. The van der Waals surface area contributed by atoms with Crippen molar-refractivity contribution < 1.29 is 0 Å². The molecule has 0 saturated heterocycles. The summed E-state index contributed by atoms with van der Waals surface area (Å²) in [5, 5.41) is 2.42. The minimum Gasteiger partial charge on any atom is -0.0616 e. The number of hydrogen-bond donors (Lipinski definition) is 0. The standard InChI is InChI=1S/C19H17/c1-13-10-14(2)19(15(3)11-13)18-9-8-16-6-4-5-7-17(16)12-18/h4-11H,1-3H3. The summed E-state index contributed by atoms with van der Waals surface area (Å²) in [6, 6.07) is 20.8. The van der Waals surface area contributed by atoms with Crippen LogP contribution in [-0.2, 0) is 0 Å². The predicted molar refractivity (Wildman–Crippen MR) is 82.4 cm³/mol. The SMILES string of the molecule is Cc1cc(C)c(-c2[c]c3ccccc3cc2)c(C)c1. The molecule has 0 spiro atoms. The summed E-state index contributed by atoms with van der Waals surface area (Å²) in [5.41, 5.74) is 6.47. The van der Waals surface area contributed by atoms with Crippen LogP contribution in [-0.4, -0.2) is 0 Å². The van der Waals surface area contributed by atoms with Crippen molar-refractivity contribution in [3.63, 3.8) is 0 Å². The number of fused-ring (bicyclic) bond motifs is 1. The highest BCUT2D eigenvalue weighted by Crippen LogP contribution is 2.30. The Bertz CT molecular complexity index is 728. The molecule has 3 aromatic rings. The van der Waals surface area contributed by atoms with E-state index < -0.39 is 0 Å². The Kier molecular flexibility index (Phi) is 2.87. The average Bonchev–Trinajstić information content (AvgIpc) is 2.37. The van der Waals surface area contributed by atoms with Crippen LogP contribution in [0, 0.1) is 26.8 Å². The Balaban J connectivity index is 2.25. The van der Waals surface area contributed by atoms with E-state index in [0.29, 0.717) is 0 Å². The minimum absolute atomic E-state index is 1.18. The third-order valence-corrected chi connectivity index (χ3v) is 3.61. The Hall–Kier alpha value is -2.08. The van der Waals surface area contributed by atoms with E-state index in [9.17, 15) is 0 Å². The summed E-state index contributed by atoms with van der Waals surface area (Å²) in [4.78, 5) is 0. The molecule has 93 valence electrons.